The first kappa shape index (κ1) is 13.5. The molecule has 1 aromatic carbocycles. The lowest BCUT2D eigenvalue weighted by molar-refractivity contribution is 0.291. The standard InChI is InChI=1S/C14H14ClNO3/c1-17-11-5-3-10(4-6-11)9-19-14-8-12(18-2)7-13(15)16-14/h3-8H,9H2,1-2H3. The van der Waals surface area contributed by atoms with Crippen LogP contribution in [0.25, 0.3) is 0 Å². The van der Waals surface area contributed by atoms with Gasteiger partial charge in [0.2, 0.25) is 5.88 Å². The third kappa shape index (κ3) is 3.76. The Bertz CT molecular complexity index is 543. The Morgan fingerprint density at radius 2 is 1.68 bits per heavy atom. The fraction of sp³-hybridized carbons (Fsp3) is 0.214. The number of methoxy groups -OCH3 is 2. The van der Waals surface area contributed by atoms with Crippen LogP contribution in [0.3, 0.4) is 0 Å². The number of halogens is 1. The van der Waals surface area contributed by atoms with Gasteiger partial charge in [0.05, 0.1) is 14.2 Å². The minimum absolute atomic E-state index is 0.337. The van der Waals surface area contributed by atoms with Gasteiger partial charge < -0.3 is 14.2 Å². The van der Waals surface area contributed by atoms with Crippen molar-refractivity contribution in [3.8, 4) is 17.4 Å². The highest BCUT2D eigenvalue weighted by atomic mass is 35.5. The highest BCUT2D eigenvalue weighted by Crippen LogP contribution is 2.22. The van der Waals surface area contributed by atoms with Gasteiger partial charge in [-0.2, -0.15) is 0 Å². The van der Waals surface area contributed by atoms with E-state index in [4.69, 9.17) is 25.8 Å². The van der Waals surface area contributed by atoms with E-state index in [-0.39, 0.29) is 0 Å². The molecule has 0 atom stereocenters. The molecule has 100 valence electrons. The van der Waals surface area contributed by atoms with Gasteiger partial charge in [0.15, 0.2) is 0 Å². The van der Waals surface area contributed by atoms with Gasteiger partial charge in [0, 0.05) is 12.1 Å². The molecule has 0 aliphatic heterocycles. The fourth-order valence-electron chi connectivity index (χ4n) is 1.52. The van der Waals surface area contributed by atoms with Crippen molar-refractivity contribution in [2.24, 2.45) is 0 Å². The minimum atomic E-state index is 0.337. The number of rotatable bonds is 5. The van der Waals surface area contributed by atoms with Gasteiger partial charge in [-0.05, 0) is 17.7 Å². The Hall–Kier alpha value is -1.94. The van der Waals surface area contributed by atoms with E-state index in [0.29, 0.717) is 23.4 Å². The third-order valence-corrected chi connectivity index (χ3v) is 2.72. The summed E-state index contributed by atoms with van der Waals surface area (Å²) in [6.07, 6.45) is 0. The Morgan fingerprint density at radius 3 is 2.32 bits per heavy atom. The molecule has 0 bridgehead atoms. The van der Waals surface area contributed by atoms with Crippen molar-refractivity contribution in [3.63, 3.8) is 0 Å². The summed E-state index contributed by atoms with van der Waals surface area (Å²) >= 11 is 5.86. The van der Waals surface area contributed by atoms with E-state index in [9.17, 15) is 0 Å². The highest BCUT2D eigenvalue weighted by Gasteiger charge is 2.03. The van der Waals surface area contributed by atoms with Crippen LogP contribution >= 0.6 is 11.6 Å². The molecule has 5 heteroatoms. The molecule has 0 radical (unpaired) electrons. The van der Waals surface area contributed by atoms with Gasteiger partial charge in [-0.15, -0.1) is 0 Å². The molecular formula is C14H14ClNO3. The van der Waals surface area contributed by atoms with Crippen molar-refractivity contribution in [1.29, 1.82) is 0 Å². The van der Waals surface area contributed by atoms with Crippen LogP contribution in [0.2, 0.25) is 5.15 Å². The van der Waals surface area contributed by atoms with Gasteiger partial charge in [-0.3, -0.25) is 0 Å². The predicted octanol–water partition coefficient (Wildman–Crippen LogP) is 3.33. The van der Waals surface area contributed by atoms with E-state index in [1.165, 1.54) is 0 Å². The molecule has 0 aliphatic carbocycles. The van der Waals surface area contributed by atoms with Crippen LogP contribution in [0.4, 0.5) is 0 Å². The zero-order valence-electron chi connectivity index (χ0n) is 10.7. The van der Waals surface area contributed by atoms with Crippen molar-refractivity contribution >= 4 is 11.6 Å². The molecule has 0 saturated heterocycles. The summed E-state index contributed by atoms with van der Waals surface area (Å²) in [6, 6.07) is 10.9. The van der Waals surface area contributed by atoms with E-state index < -0.39 is 0 Å². The van der Waals surface area contributed by atoms with Crippen LogP contribution in [-0.2, 0) is 6.61 Å². The predicted molar refractivity (Wildman–Crippen MR) is 73.1 cm³/mol. The monoisotopic (exact) mass is 279 g/mol. The first-order valence-electron chi connectivity index (χ1n) is 5.68. The summed E-state index contributed by atoms with van der Waals surface area (Å²) < 4.78 is 15.8. The first-order valence-corrected chi connectivity index (χ1v) is 6.06. The maximum atomic E-state index is 5.86. The molecule has 2 aromatic rings. The molecular weight excluding hydrogens is 266 g/mol. The number of aromatic nitrogens is 1. The molecule has 0 amide bonds. The van der Waals surface area contributed by atoms with Crippen LogP contribution in [0, 0.1) is 0 Å². The van der Waals surface area contributed by atoms with E-state index >= 15 is 0 Å². The van der Waals surface area contributed by atoms with Crippen LogP contribution in [0.15, 0.2) is 36.4 Å². The quantitative estimate of drug-likeness (QED) is 0.787. The van der Waals surface area contributed by atoms with Gasteiger partial charge in [-0.1, -0.05) is 23.7 Å². The Morgan fingerprint density at radius 1 is 1.00 bits per heavy atom. The van der Waals surface area contributed by atoms with Gasteiger partial charge in [0.1, 0.15) is 23.3 Å². The third-order valence-electron chi connectivity index (χ3n) is 2.53. The molecule has 0 saturated carbocycles. The molecule has 1 heterocycles. The molecule has 0 spiro atoms. The number of pyridine rings is 1. The number of hydrogen-bond donors (Lipinski definition) is 0. The molecule has 0 N–H and O–H groups in total. The maximum absolute atomic E-state index is 5.86. The van der Waals surface area contributed by atoms with Crippen molar-refractivity contribution in [3.05, 3.63) is 47.1 Å². The normalized spacial score (nSPS) is 10.1. The van der Waals surface area contributed by atoms with E-state index in [2.05, 4.69) is 4.98 Å². The molecule has 0 unspecified atom stereocenters. The summed E-state index contributed by atoms with van der Waals surface area (Å²) in [5, 5.41) is 0.337. The summed E-state index contributed by atoms with van der Waals surface area (Å²) in [7, 11) is 3.20. The van der Waals surface area contributed by atoms with Crippen molar-refractivity contribution < 1.29 is 14.2 Å². The average molecular weight is 280 g/mol. The van der Waals surface area contributed by atoms with E-state index in [0.717, 1.165) is 11.3 Å². The molecule has 0 aliphatic rings. The van der Waals surface area contributed by atoms with E-state index in [1.54, 1.807) is 26.4 Å². The van der Waals surface area contributed by atoms with E-state index in [1.807, 2.05) is 24.3 Å². The van der Waals surface area contributed by atoms with Crippen LogP contribution in [-0.4, -0.2) is 19.2 Å². The highest BCUT2D eigenvalue weighted by molar-refractivity contribution is 6.29. The molecule has 19 heavy (non-hydrogen) atoms. The molecule has 4 nitrogen and oxygen atoms in total. The summed E-state index contributed by atoms with van der Waals surface area (Å²) in [5.41, 5.74) is 1.02. The minimum Gasteiger partial charge on any atom is -0.497 e. The van der Waals surface area contributed by atoms with Crippen molar-refractivity contribution in [2.75, 3.05) is 14.2 Å². The maximum Gasteiger partial charge on any atom is 0.218 e. The fourth-order valence-corrected chi connectivity index (χ4v) is 1.71. The van der Waals surface area contributed by atoms with Crippen molar-refractivity contribution in [1.82, 2.24) is 4.98 Å². The number of ether oxygens (including phenoxy) is 3. The zero-order chi connectivity index (χ0) is 13.7. The first-order chi connectivity index (χ1) is 9.21. The molecule has 1 aromatic heterocycles. The Kier molecular flexibility index (Phi) is 4.47. The second-order valence-corrected chi connectivity index (χ2v) is 4.19. The number of benzene rings is 1. The Labute approximate surface area is 116 Å². The lowest BCUT2D eigenvalue weighted by Crippen LogP contribution is -1.98. The van der Waals surface area contributed by atoms with Gasteiger partial charge >= 0.3 is 0 Å². The van der Waals surface area contributed by atoms with Crippen molar-refractivity contribution in [2.45, 2.75) is 6.61 Å². The lowest BCUT2D eigenvalue weighted by atomic mass is 10.2. The average Bonchev–Trinajstić information content (AvgIpc) is 2.45. The summed E-state index contributed by atoms with van der Waals surface area (Å²) in [6.45, 7) is 0.403. The largest absolute Gasteiger partial charge is 0.497 e. The smallest absolute Gasteiger partial charge is 0.218 e. The van der Waals surface area contributed by atoms with Crippen LogP contribution < -0.4 is 14.2 Å². The van der Waals surface area contributed by atoms with Gasteiger partial charge in [0.25, 0.3) is 0 Å². The lowest BCUT2D eigenvalue weighted by Gasteiger charge is -2.08. The number of nitrogens with zero attached hydrogens (tertiary/aromatic N) is 1. The topological polar surface area (TPSA) is 40.6 Å². The zero-order valence-corrected chi connectivity index (χ0v) is 11.5. The SMILES string of the molecule is COc1ccc(COc2cc(OC)cc(Cl)n2)cc1. The summed E-state index contributed by atoms with van der Waals surface area (Å²) in [4.78, 5) is 4.07. The van der Waals surface area contributed by atoms with Crippen LogP contribution in [0.5, 0.6) is 17.4 Å². The second-order valence-electron chi connectivity index (χ2n) is 3.80. The summed E-state index contributed by atoms with van der Waals surface area (Å²) in [5.74, 6) is 1.86. The Balaban J connectivity index is 2.03. The molecule has 2 rings (SSSR count). The second kappa shape index (κ2) is 6.29. The van der Waals surface area contributed by atoms with Crippen LogP contribution in [0.1, 0.15) is 5.56 Å². The van der Waals surface area contributed by atoms with Gasteiger partial charge in [-0.25, -0.2) is 4.98 Å². The number of hydrogen-bond acceptors (Lipinski definition) is 4. The molecule has 0 fully saturated rings.